The minimum atomic E-state index is -0.367. The fourth-order valence-electron chi connectivity index (χ4n) is 3.92. The molecule has 1 aromatic heterocycles. The molecule has 0 saturated heterocycles. The van der Waals surface area contributed by atoms with Gasteiger partial charge in [-0.3, -0.25) is 15.1 Å². The smallest absolute Gasteiger partial charge is 0.269 e. The van der Waals surface area contributed by atoms with Gasteiger partial charge in [0.2, 0.25) is 0 Å². The Balaban J connectivity index is 1.87. The third kappa shape index (κ3) is 2.87. The number of rotatable bonds is 2. The molecule has 0 N–H and O–H groups in total. The number of aromatic nitrogens is 1. The minimum absolute atomic E-state index is 0.0994. The zero-order valence-corrected chi connectivity index (χ0v) is 15.2. The Bertz CT molecular complexity index is 1130. The number of nitro groups is 1. The van der Waals surface area contributed by atoms with E-state index in [1.807, 2.05) is 19.9 Å². The van der Waals surface area contributed by atoms with Crippen LogP contribution in [0.3, 0.4) is 0 Å². The third-order valence-corrected chi connectivity index (χ3v) is 5.13. The summed E-state index contributed by atoms with van der Waals surface area (Å²) in [5.41, 5.74) is 6.64. The van der Waals surface area contributed by atoms with Crippen molar-refractivity contribution in [3.8, 4) is 6.07 Å². The molecule has 0 spiro atoms. The maximum absolute atomic E-state index is 11.1. The van der Waals surface area contributed by atoms with Crippen molar-refractivity contribution in [2.75, 3.05) is 11.4 Å². The van der Waals surface area contributed by atoms with E-state index in [-0.39, 0.29) is 10.6 Å². The van der Waals surface area contributed by atoms with E-state index in [0.29, 0.717) is 12.1 Å². The van der Waals surface area contributed by atoms with Crippen molar-refractivity contribution in [1.82, 2.24) is 4.98 Å². The van der Waals surface area contributed by atoms with Crippen LogP contribution in [-0.4, -0.2) is 16.5 Å². The van der Waals surface area contributed by atoms with E-state index in [2.05, 4.69) is 28.1 Å². The molecule has 0 amide bonds. The molecule has 0 fully saturated rings. The summed E-state index contributed by atoms with van der Waals surface area (Å²) in [5, 5.41) is 21.7. The maximum Gasteiger partial charge on any atom is 0.269 e. The van der Waals surface area contributed by atoms with Crippen LogP contribution < -0.4 is 4.90 Å². The van der Waals surface area contributed by atoms with E-state index in [1.54, 1.807) is 18.3 Å². The van der Waals surface area contributed by atoms with Crippen LogP contribution in [0.4, 0.5) is 11.4 Å². The monoisotopic (exact) mass is 358 g/mol. The van der Waals surface area contributed by atoms with Crippen LogP contribution in [0.15, 0.2) is 36.5 Å². The molecule has 27 heavy (non-hydrogen) atoms. The van der Waals surface area contributed by atoms with Gasteiger partial charge in [-0.2, -0.15) is 5.26 Å². The lowest BCUT2D eigenvalue weighted by Gasteiger charge is -2.32. The van der Waals surface area contributed by atoms with Gasteiger partial charge in [-0.05, 0) is 43.0 Å². The number of non-ortho nitro benzene ring substituents is 1. The Morgan fingerprint density at radius 3 is 2.78 bits per heavy atom. The average Bonchev–Trinajstić information content (AvgIpc) is 2.66. The Labute approximate surface area is 156 Å². The highest BCUT2D eigenvalue weighted by atomic mass is 16.6. The van der Waals surface area contributed by atoms with Crippen molar-refractivity contribution < 1.29 is 4.92 Å². The molecule has 0 aliphatic carbocycles. The highest BCUT2D eigenvalue weighted by Crippen LogP contribution is 2.35. The summed E-state index contributed by atoms with van der Waals surface area (Å²) in [5.74, 6) is 0. The average molecular weight is 358 g/mol. The van der Waals surface area contributed by atoms with Gasteiger partial charge in [0, 0.05) is 36.8 Å². The first kappa shape index (κ1) is 17.0. The third-order valence-electron chi connectivity index (χ3n) is 5.13. The number of benzene rings is 2. The van der Waals surface area contributed by atoms with E-state index in [9.17, 15) is 15.4 Å². The summed E-state index contributed by atoms with van der Waals surface area (Å²) in [6.45, 7) is 5.35. The molecule has 0 bridgehead atoms. The topological polar surface area (TPSA) is 83.1 Å². The zero-order chi connectivity index (χ0) is 19.1. The summed E-state index contributed by atoms with van der Waals surface area (Å²) in [6, 6.07) is 11.5. The van der Waals surface area contributed by atoms with Gasteiger partial charge in [0.15, 0.2) is 0 Å². The second kappa shape index (κ2) is 6.36. The Hall–Kier alpha value is -3.46. The van der Waals surface area contributed by atoms with Crippen LogP contribution in [0.2, 0.25) is 0 Å². The SMILES string of the molecule is Cc1cc(C)c2ncc(C#N)c(N3CCc4ccc([N+](=O)[O-])cc4C3)c2c1. The first-order chi connectivity index (χ1) is 13.0. The molecule has 4 rings (SSSR count). The summed E-state index contributed by atoms with van der Waals surface area (Å²) >= 11 is 0. The number of nitrogens with zero attached hydrogens (tertiary/aromatic N) is 4. The molecule has 0 saturated carbocycles. The number of anilines is 1. The molecule has 2 heterocycles. The number of nitriles is 1. The summed E-state index contributed by atoms with van der Waals surface area (Å²) < 4.78 is 0. The lowest BCUT2D eigenvalue weighted by Crippen LogP contribution is -2.31. The molecular formula is C21H18N4O2. The summed E-state index contributed by atoms with van der Waals surface area (Å²) in [6.07, 6.45) is 2.41. The Morgan fingerprint density at radius 1 is 1.22 bits per heavy atom. The molecule has 134 valence electrons. The van der Waals surface area contributed by atoms with Gasteiger partial charge in [0.25, 0.3) is 5.69 Å². The van der Waals surface area contributed by atoms with Crippen molar-refractivity contribution in [2.24, 2.45) is 0 Å². The van der Waals surface area contributed by atoms with Crippen molar-refractivity contribution >= 4 is 22.3 Å². The van der Waals surface area contributed by atoms with Crippen LogP contribution >= 0.6 is 0 Å². The quantitative estimate of drug-likeness (QED) is 0.506. The van der Waals surface area contributed by atoms with Gasteiger partial charge in [-0.25, -0.2) is 0 Å². The predicted octanol–water partition coefficient (Wildman–Crippen LogP) is 4.19. The molecule has 6 nitrogen and oxygen atoms in total. The molecule has 3 aromatic rings. The predicted molar refractivity (Wildman–Crippen MR) is 104 cm³/mol. The number of fused-ring (bicyclic) bond motifs is 2. The van der Waals surface area contributed by atoms with Gasteiger partial charge in [-0.1, -0.05) is 17.7 Å². The van der Waals surface area contributed by atoms with Crippen LogP contribution in [0, 0.1) is 35.3 Å². The zero-order valence-electron chi connectivity index (χ0n) is 15.2. The molecular weight excluding hydrogens is 340 g/mol. The van der Waals surface area contributed by atoms with Crippen LogP contribution in [0.1, 0.15) is 27.8 Å². The second-order valence-corrected chi connectivity index (χ2v) is 6.99. The fraction of sp³-hybridized carbons (Fsp3) is 0.238. The van der Waals surface area contributed by atoms with Crippen molar-refractivity contribution in [2.45, 2.75) is 26.8 Å². The molecule has 0 unspecified atom stereocenters. The number of hydrogen-bond donors (Lipinski definition) is 0. The van der Waals surface area contributed by atoms with E-state index in [0.717, 1.165) is 51.8 Å². The van der Waals surface area contributed by atoms with E-state index < -0.39 is 0 Å². The van der Waals surface area contributed by atoms with Gasteiger partial charge >= 0.3 is 0 Å². The van der Waals surface area contributed by atoms with Gasteiger partial charge in [0.05, 0.1) is 21.7 Å². The van der Waals surface area contributed by atoms with E-state index in [4.69, 9.17) is 0 Å². The van der Waals surface area contributed by atoms with E-state index >= 15 is 0 Å². The first-order valence-corrected chi connectivity index (χ1v) is 8.79. The lowest BCUT2D eigenvalue weighted by molar-refractivity contribution is -0.384. The maximum atomic E-state index is 11.1. The van der Waals surface area contributed by atoms with Gasteiger partial charge in [-0.15, -0.1) is 0 Å². The summed E-state index contributed by atoms with van der Waals surface area (Å²) in [7, 11) is 0. The van der Waals surface area contributed by atoms with Gasteiger partial charge < -0.3 is 4.90 Å². The van der Waals surface area contributed by atoms with Crippen molar-refractivity contribution in [3.05, 3.63) is 74.5 Å². The lowest BCUT2D eigenvalue weighted by atomic mass is 9.96. The van der Waals surface area contributed by atoms with E-state index in [1.165, 1.54) is 0 Å². The molecule has 1 aliphatic heterocycles. The standard InChI is InChI=1S/C21H18N4O2/c1-13-7-14(2)20-19(8-13)21(17(10-22)11-23-20)24-6-5-15-3-4-18(25(26)27)9-16(15)12-24/h3-4,7-9,11H,5-6,12H2,1-2H3. The normalized spacial score (nSPS) is 13.3. The van der Waals surface area contributed by atoms with Crippen LogP contribution in [0.5, 0.6) is 0 Å². The van der Waals surface area contributed by atoms with Crippen molar-refractivity contribution in [3.63, 3.8) is 0 Å². The number of nitro benzene ring substituents is 1. The Kier molecular flexibility index (Phi) is 4.00. The molecule has 6 heteroatoms. The number of pyridine rings is 1. The molecule has 0 radical (unpaired) electrons. The molecule has 1 aliphatic rings. The highest BCUT2D eigenvalue weighted by molar-refractivity contribution is 5.96. The minimum Gasteiger partial charge on any atom is -0.365 e. The second-order valence-electron chi connectivity index (χ2n) is 6.99. The first-order valence-electron chi connectivity index (χ1n) is 8.79. The van der Waals surface area contributed by atoms with Crippen LogP contribution in [-0.2, 0) is 13.0 Å². The highest BCUT2D eigenvalue weighted by Gasteiger charge is 2.23. The van der Waals surface area contributed by atoms with Gasteiger partial charge in [0.1, 0.15) is 6.07 Å². The fourth-order valence-corrected chi connectivity index (χ4v) is 3.92. The summed E-state index contributed by atoms with van der Waals surface area (Å²) in [4.78, 5) is 17.4. The Morgan fingerprint density at radius 2 is 2.04 bits per heavy atom. The number of hydrogen-bond acceptors (Lipinski definition) is 5. The van der Waals surface area contributed by atoms with Crippen LogP contribution in [0.25, 0.3) is 10.9 Å². The molecule has 2 aromatic carbocycles. The largest absolute Gasteiger partial charge is 0.365 e. The van der Waals surface area contributed by atoms with Crippen molar-refractivity contribution in [1.29, 1.82) is 5.26 Å². The molecule has 0 atom stereocenters. The number of aryl methyl sites for hydroxylation is 2.